The molecule has 1 N–H and O–H groups in total. The normalized spacial score (nSPS) is 30.2. The molecule has 21 heavy (non-hydrogen) atoms. The standard InChI is InChI=1S/C17H32N2O2/c1-4-18-17(16(20)21-5-2)11-7-10-15(12-17)19(3)13-14-8-6-9-14/h14-15,18H,4-13H2,1-3H3. The fourth-order valence-corrected chi connectivity index (χ4v) is 3.88. The van der Waals surface area contributed by atoms with Crippen molar-refractivity contribution in [3.8, 4) is 0 Å². The molecule has 0 radical (unpaired) electrons. The second-order valence-corrected chi connectivity index (χ2v) is 6.82. The topological polar surface area (TPSA) is 41.6 Å². The first-order valence-corrected chi connectivity index (χ1v) is 8.73. The van der Waals surface area contributed by atoms with Crippen molar-refractivity contribution in [1.82, 2.24) is 10.2 Å². The third kappa shape index (κ3) is 3.98. The molecule has 0 bridgehead atoms. The molecule has 4 nitrogen and oxygen atoms in total. The number of rotatable bonds is 7. The maximum absolute atomic E-state index is 12.5. The molecule has 2 atom stereocenters. The monoisotopic (exact) mass is 296 g/mol. The Balaban J connectivity index is 1.99. The number of nitrogens with one attached hydrogen (secondary N) is 1. The van der Waals surface area contributed by atoms with Crippen LogP contribution in [0.15, 0.2) is 0 Å². The SMILES string of the molecule is CCNC1(C(=O)OCC)CCCC(N(C)CC2CCC2)C1. The van der Waals surface area contributed by atoms with Crippen LogP contribution < -0.4 is 5.32 Å². The Hall–Kier alpha value is -0.610. The van der Waals surface area contributed by atoms with Crippen molar-refractivity contribution in [2.45, 2.75) is 70.4 Å². The number of hydrogen-bond donors (Lipinski definition) is 1. The van der Waals surface area contributed by atoms with Crippen LogP contribution in [-0.4, -0.2) is 49.2 Å². The van der Waals surface area contributed by atoms with E-state index in [0.29, 0.717) is 12.6 Å². The van der Waals surface area contributed by atoms with Gasteiger partial charge in [-0.15, -0.1) is 0 Å². The van der Waals surface area contributed by atoms with Gasteiger partial charge in [-0.1, -0.05) is 13.3 Å². The summed E-state index contributed by atoms with van der Waals surface area (Å²) in [6.45, 7) is 6.44. The molecule has 2 saturated carbocycles. The van der Waals surface area contributed by atoms with Crippen LogP contribution in [0.4, 0.5) is 0 Å². The highest BCUT2D eigenvalue weighted by Gasteiger charge is 2.44. The van der Waals surface area contributed by atoms with Crippen LogP contribution in [0, 0.1) is 5.92 Å². The van der Waals surface area contributed by atoms with Gasteiger partial charge >= 0.3 is 5.97 Å². The number of likely N-dealkylation sites (N-methyl/N-ethyl adjacent to an activating group) is 1. The molecule has 0 aromatic heterocycles. The van der Waals surface area contributed by atoms with Gasteiger partial charge in [-0.05, 0) is 65.0 Å². The van der Waals surface area contributed by atoms with Gasteiger partial charge in [0.05, 0.1) is 6.61 Å². The summed E-state index contributed by atoms with van der Waals surface area (Å²) in [5.74, 6) is 0.835. The maximum Gasteiger partial charge on any atom is 0.326 e. The van der Waals surface area contributed by atoms with Gasteiger partial charge in [-0.3, -0.25) is 4.79 Å². The van der Waals surface area contributed by atoms with E-state index >= 15 is 0 Å². The summed E-state index contributed by atoms with van der Waals surface area (Å²) >= 11 is 0. The molecule has 2 aliphatic rings. The quantitative estimate of drug-likeness (QED) is 0.733. The highest BCUT2D eigenvalue weighted by molar-refractivity contribution is 5.81. The lowest BCUT2D eigenvalue weighted by atomic mass is 9.77. The van der Waals surface area contributed by atoms with Gasteiger partial charge in [-0.2, -0.15) is 0 Å². The van der Waals surface area contributed by atoms with Crippen molar-refractivity contribution >= 4 is 5.97 Å². The Bertz CT molecular complexity index is 340. The number of carbonyl (C=O) groups excluding carboxylic acids is 1. The van der Waals surface area contributed by atoms with E-state index in [2.05, 4.69) is 24.2 Å². The smallest absolute Gasteiger partial charge is 0.326 e. The molecule has 0 aromatic carbocycles. The Morgan fingerprint density at radius 1 is 1.29 bits per heavy atom. The molecule has 0 spiro atoms. The van der Waals surface area contributed by atoms with Crippen LogP contribution in [0.3, 0.4) is 0 Å². The molecule has 0 saturated heterocycles. The summed E-state index contributed by atoms with van der Waals surface area (Å²) in [4.78, 5) is 15.0. The molecule has 2 aliphatic carbocycles. The van der Waals surface area contributed by atoms with E-state index in [1.807, 2.05) is 6.92 Å². The van der Waals surface area contributed by atoms with Crippen LogP contribution >= 0.6 is 0 Å². The highest BCUT2D eigenvalue weighted by Crippen LogP contribution is 2.34. The van der Waals surface area contributed by atoms with E-state index in [9.17, 15) is 4.79 Å². The van der Waals surface area contributed by atoms with Crippen molar-refractivity contribution in [2.75, 3.05) is 26.7 Å². The predicted molar refractivity (Wildman–Crippen MR) is 85.3 cm³/mol. The van der Waals surface area contributed by atoms with Crippen molar-refractivity contribution in [2.24, 2.45) is 5.92 Å². The van der Waals surface area contributed by atoms with Gasteiger partial charge in [0, 0.05) is 12.6 Å². The Kier molecular flexibility index (Phi) is 6.06. The third-order valence-electron chi connectivity index (χ3n) is 5.30. The second kappa shape index (κ2) is 7.59. The summed E-state index contributed by atoms with van der Waals surface area (Å²) in [5.41, 5.74) is -0.457. The molecule has 4 heteroatoms. The first-order chi connectivity index (χ1) is 10.1. The van der Waals surface area contributed by atoms with Gasteiger partial charge in [0.2, 0.25) is 0 Å². The lowest BCUT2D eigenvalue weighted by Crippen LogP contribution is -2.58. The van der Waals surface area contributed by atoms with E-state index in [1.165, 1.54) is 32.2 Å². The zero-order valence-corrected chi connectivity index (χ0v) is 14.0. The fourth-order valence-electron chi connectivity index (χ4n) is 3.88. The summed E-state index contributed by atoms with van der Waals surface area (Å²) in [6, 6.07) is 0.503. The molecule has 0 amide bonds. The number of ether oxygens (including phenoxy) is 1. The van der Waals surface area contributed by atoms with E-state index in [-0.39, 0.29) is 5.97 Å². The second-order valence-electron chi connectivity index (χ2n) is 6.82. The summed E-state index contributed by atoms with van der Waals surface area (Å²) < 4.78 is 5.36. The Morgan fingerprint density at radius 3 is 2.62 bits per heavy atom. The van der Waals surface area contributed by atoms with E-state index in [4.69, 9.17) is 4.74 Å². The van der Waals surface area contributed by atoms with Gasteiger partial charge in [0.1, 0.15) is 5.54 Å². The van der Waals surface area contributed by atoms with Crippen LogP contribution in [0.2, 0.25) is 0 Å². The van der Waals surface area contributed by atoms with E-state index < -0.39 is 5.54 Å². The number of carbonyl (C=O) groups is 1. The predicted octanol–water partition coefficient (Wildman–Crippen LogP) is 2.57. The van der Waals surface area contributed by atoms with E-state index in [0.717, 1.165) is 31.7 Å². The largest absolute Gasteiger partial charge is 0.465 e. The van der Waals surface area contributed by atoms with Crippen LogP contribution in [0.1, 0.15) is 58.8 Å². The minimum absolute atomic E-state index is 0.0476. The van der Waals surface area contributed by atoms with E-state index in [1.54, 1.807) is 0 Å². The highest BCUT2D eigenvalue weighted by atomic mass is 16.5. The number of nitrogens with zero attached hydrogens (tertiary/aromatic N) is 1. The van der Waals surface area contributed by atoms with Gasteiger partial charge in [0.15, 0.2) is 0 Å². The molecule has 122 valence electrons. The molecular formula is C17H32N2O2. The molecular weight excluding hydrogens is 264 g/mol. The summed E-state index contributed by atoms with van der Waals surface area (Å²) in [6.07, 6.45) is 8.27. The number of hydrogen-bond acceptors (Lipinski definition) is 4. The van der Waals surface area contributed by atoms with Crippen molar-refractivity contribution in [3.05, 3.63) is 0 Å². The van der Waals surface area contributed by atoms with Crippen molar-refractivity contribution < 1.29 is 9.53 Å². The van der Waals surface area contributed by atoms with Gasteiger partial charge in [0.25, 0.3) is 0 Å². The molecule has 2 fully saturated rings. The zero-order chi connectivity index (χ0) is 15.3. The number of esters is 1. The first kappa shape index (κ1) is 16.8. The van der Waals surface area contributed by atoms with Crippen LogP contribution in [-0.2, 0) is 9.53 Å². The molecule has 0 heterocycles. The van der Waals surface area contributed by atoms with Gasteiger partial charge < -0.3 is 15.0 Å². The average molecular weight is 296 g/mol. The third-order valence-corrected chi connectivity index (χ3v) is 5.30. The minimum Gasteiger partial charge on any atom is -0.465 e. The van der Waals surface area contributed by atoms with Crippen molar-refractivity contribution in [1.29, 1.82) is 0 Å². The van der Waals surface area contributed by atoms with Crippen molar-refractivity contribution in [3.63, 3.8) is 0 Å². The molecule has 0 aliphatic heterocycles. The minimum atomic E-state index is -0.457. The maximum atomic E-state index is 12.5. The van der Waals surface area contributed by atoms with Crippen LogP contribution in [0.25, 0.3) is 0 Å². The molecule has 0 aromatic rings. The Labute approximate surface area is 129 Å². The Morgan fingerprint density at radius 2 is 2.05 bits per heavy atom. The summed E-state index contributed by atoms with van der Waals surface area (Å²) in [5, 5.41) is 3.45. The average Bonchev–Trinajstić information content (AvgIpc) is 2.43. The van der Waals surface area contributed by atoms with Gasteiger partial charge in [-0.25, -0.2) is 0 Å². The molecule has 2 rings (SSSR count). The van der Waals surface area contributed by atoms with Crippen LogP contribution in [0.5, 0.6) is 0 Å². The summed E-state index contributed by atoms with van der Waals surface area (Å²) in [7, 11) is 2.23. The molecule has 2 unspecified atom stereocenters. The fraction of sp³-hybridized carbons (Fsp3) is 0.941. The lowest BCUT2D eigenvalue weighted by molar-refractivity contribution is -0.153. The zero-order valence-electron chi connectivity index (χ0n) is 14.0. The first-order valence-electron chi connectivity index (χ1n) is 8.73. The lowest BCUT2D eigenvalue weighted by Gasteiger charge is -2.44.